The molecule has 0 spiro atoms. The minimum absolute atomic E-state index is 0.0670. The van der Waals surface area contributed by atoms with E-state index in [9.17, 15) is 9.59 Å². The van der Waals surface area contributed by atoms with Gasteiger partial charge in [-0.3, -0.25) is 14.5 Å². The SMILES string of the molecule is CCCNC(=O)CN(C)[C@@H](C)C(=O)Nc1ccc(Br)cc1. The van der Waals surface area contributed by atoms with E-state index in [1.54, 1.807) is 18.9 Å². The zero-order valence-electron chi connectivity index (χ0n) is 12.6. The highest BCUT2D eigenvalue weighted by Crippen LogP contribution is 2.14. The Hall–Kier alpha value is -1.40. The second-order valence-corrected chi connectivity index (χ2v) is 5.85. The van der Waals surface area contributed by atoms with Gasteiger partial charge in [0.05, 0.1) is 12.6 Å². The number of hydrogen-bond acceptors (Lipinski definition) is 3. The van der Waals surface area contributed by atoms with Crippen molar-refractivity contribution in [3.8, 4) is 0 Å². The summed E-state index contributed by atoms with van der Waals surface area (Å²) in [4.78, 5) is 25.5. The third-order valence-electron chi connectivity index (χ3n) is 3.12. The Morgan fingerprint density at radius 3 is 2.48 bits per heavy atom. The summed E-state index contributed by atoms with van der Waals surface area (Å²) in [5, 5.41) is 5.63. The average molecular weight is 356 g/mol. The van der Waals surface area contributed by atoms with Crippen LogP contribution in [0.5, 0.6) is 0 Å². The molecule has 0 heterocycles. The molecule has 1 rings (SSSR count). The number of anilines is 1. The Morgan fingerprint density at radius 1 is 1.29 bits per heavy atom. The molecule has 0 saturated heterocycles. The van der Waals surface area contributed by atoms with Gasteiger partial charge in [-0.25, -0.2) is 0 Å². The quantitative estimate of drug-likeness (QED) is 0.788. The van der Waals surface area contributed by atoms with Crippen LogP contribution >= 0.6 is 15.9 Å². The van der Waals surface area contributed by atoms with Crippen molar-refractivity contribution < 1.29 is 9.59 Å². The molecular weight excluding hydrogens is 334 g/mol. The van der Waals surface area contributed by atoms with Gasteiger partial charge >= 0.3 is 0 Å². The molecule has 1 atom stereocenters. The van der Waals surface area contributed by atoms with E-state index in [4.69, 9.17) is 0 Å². The van der Waals surface area contributed by atoms with Crippen LogP contribution in [0.25, 0.3) is 0 Å². The van der Waals surface area contributed by atoms with Crippen molar-refractivity contribution in [2.24, 2.45) is 0 Å². The molecule has 6 heteroatoms. The Labute approximate surface area is 134 Å². The van der Waals surface area contributed by atoms with Gasteiger partial charge in [-0.2, -0.15) is 0 Å². The fraction of sp³-hybridized carbons (Fsp3) is 0.467. The number of nitrogens with one attached hydrogen (secondary N) is 2. The summed E-state index contributed by atoms with van der Waals surface area (Å²) < 4.78 is 0.957. The lowest BCUT2D eigenvalue weighted by Gasteiger charge is -2.23. The predicted octanol–water partition coefficient (Wildman–Crippen LogP) is 2.23. The molecule has 21 heavy (non-hydrogen) atoms. The fourth-order valence-electron chi connectivity index (χ4n) is 1.66. The molecule has 1 aromatic rings. The van der Waals surface area contributed by atoms with Crippen molar-refractivity contribution in [2.75, 3.05) is 25.5 Å². The Morgan fingerprint density at radius 2 is 1.90 bits per heavy atom. The first kappa shape index (κ1) is 17.7. The molecule has 116 valence electrons. The molecule has 1 aromatic carbocycles. The van der Waals surface area contributed by atoms with E-state index in [1.165, 1.54) is 0 Å². The van der Waals surface area contributed by atoms with E-state index in [2.05, 4.69) is 26.6 Å². The monoisotopic (exact) mass is 355 g/mol. The number of halogens is 1. The molecule has 0 unspecified atom stereocenters. The molecular formula is C15H22BrN3O2. The highest BCUT2D eigenvalue weighted by atomic mass is 79.9. The highest BCUT2D eigenvalue weighted by Gasteiger charge is 2.19. The molecule has 0 aliphatic heterocycles. The summed E-state index contributed by atoms with van der Waals surface area (Å²) >= 11 is 3.35. The first-order chi connectivity index (χ1) is 9.93. The maximum Gasteiger partial charge on any atom is 0.241 e. The predicted molar refractivity (Wildman–Crippen MR) is 88.2 cm³/mol. The van der Waals surface area contributed by atoms with Crippen LogP contribution in [-0.2, 0) is 9.59 Å². The number of benzene rings is 1. The van der Waals surface area contributed by atoms with E-state index < -0.39 is 0 Å². The van der Waals surface area contributed by atoms with Crippen molar-refractivity contribution in [2.45, 2.75) is 26.3 Å². The van der Waals surface area contributed by atoms with Crippen molar-refractivity contribution in [3.05, 3.63) is 28.7 Å². The number of amides is 2. The lowest BCUT2D eigenvalue weighted by Crippen LogP contribution is -2.44. The Balaban J connectivity index is 2.49. The molecule has 5 nitrogen and oxygen atoms in total. The molecule has 2 amide bonds. The van der Waals surface area contributed by atoms with E-state index in [-0.39, 0.29) is 24.4 Å². The maximum atomic E-state index is 12.1. The summed E-state index contributed by atoms with van der Waals surface area (Å²) in [5.41, 5.74) is 0.735. The van der Waals surface area contributed by atoms with Gasteiger partial charge in [0.2, 0.25) is 11.8 Å². The summed E-state index contributed by atoms with van der Waals surface area (Å²) in [6, 6.07) is 6.98. The number of carbonyl (C=O) groups excluding carboxylic acids is 2. The number of nitrogens with zero attached hydrogens (tertiary/aromatic N) is 1. The molecule has 0 radical (unpaired) electrons. The second kappa shape index (κ2) is 8.79. The summed E-state index contributed by atoms with van der Waals surface area (Å²) in [6.45, 7) is 4.64. The van der Waals surface area contributed by atoms with E-state index in [1.807, 2.05) is 31.2 Å². The van der Waals surface area contributed by atoms with Crippen LogP contribution in [0.15, 0.2) is 28.7 Å². The van der Waals surface area contributed by atoms with Gasteiger partial charge in [0, 0.05) is 16.7 Å². The maximum absolute atomic E-state index is 12.1. The van der Waals surface area contributed by atoms with Crippen molar-refractivity contribution in [3.63, 3.8) is 0 Å². The van der Waals surface area contributed by atoms with Crippen LogP contribution in [0.1, 0.15) is 20.3 Å². The van der Waals surface area contributed by atoms with E-state index >= 15 is 0 Å². The topological polar surface area (TPSA) is 61.4 Å². The van der Waals surface area contributed by atoms with Crippen molar-refractivity contribution in [1.82, 2.24) is 10.2 Å². The first-order valence-electron chi connectivity index (χ1n) is 6.97. The smallest absolute Gasteiger partial charge is 0.241 e. The van der Waals surface area contributed by atoms with Crippen LogP contribution in [0.2, 0.25) is 0 Å². The molecule has 2 N–H and O–H groups in total. The van der Waals surface area contributed by atoms with Crippen LogP contribution in [0, 0.1) is 0 Å². The molecule has 0 aliphatic carbocycles. The lowest BCUT2D eigenvalue weighted by molar-refractivity contribution is -0.124. The van der Waals surface area contributed by atoms with Crippen LogP contribution < -0.4 is 10.6 Å². The minimum Gasteiger partial charge on any atom is -0.355 e. The van der Waals surface area contributed by atoms with Crippen LogP contribution in [0.4, 0.5) is 5.69 Å². The van der Waals surface area contributed by atoms with Crippen molar-refractivity contribution >= 4 is 33.4 Å². The van der Waals surface area contributed by atoms with Crippen molar-refractivity contribution in [1.29, 1.82) is 0 Å². The van der Waals surface area contributed by atoms with Crippen LogP contribution in [-0.4, -0.2) is 42.9 Å². The zero-order valence-corrected chi connectivity index (χ0v) is 14.2. The standard InChI is InChI=1S/C15H22BrN3O2/c1-4-9-17-14(20)10-19(3)11(2)15(21)18-13-7-5-12(16)6-8-13/h5-8,11H,4,9-10H2,1-3H3,(H,17,20)(H,18,21)/t11-/m0/s1. The summed E-state index contributed by atoms with van der Waals surface area (Å²) in [6.07, 6.45) is 0.898. The molecule has 0 saturated carbocycles. The van der Waals surface area contributed by atoms with Gasteiger partial charge in [-0.1, -0.05) is 22.9 Å². The Bertz CT molecular complexity index is 476. The first-order valence-corrected chi connectivity index (χ1v) is 7.76. The molecule has 0 fully saturated rings. The number of likely N-dealkylation sites (N-methyl/N-ethyl adjacent to an activating group) is 1. The third-order valence-corrected chi connectivity index (χ3v) is 3.65. The number of hydrogen-bond donors (Lipinski definition) is 2. The minimum atomic E-state index is -0.388. The summed E-state index contributed by atoms with van der Waals surface area (Å²) in [7, 11) is 1.76. The van der Waals surface area contributed by atoms with Gasteiger partial charge < -0.3 is 10.6 Å². The average Bonchev–Trinajstić information content (AvgIpc) is 2.46. The summed E-state index contributed by atoms with van der Waals surface area (Å²) in [5.74, 6) is -0.203. The largest absolute Gasteiger partial charge is 0.355 e. The third kappa shape index (κ3) is 6.27. The van der Waals surface area contributed by atoms with Crippen LogP contribution in [0.3, 0.4) is 0 Å². The number of carbonyl (C=O) groups is 2. The normalized spacial score (nSPS) is 12.0. The lowest BCUT2D eigenvalue weighted by atomic mass is 10.2. The van der Waals surface area contributed by atoms with Gasteiger partial charge in [-0.05, 0) is 44.7 Å². The Kier molecular flexibility index (Phi) is 7.39. The van der Waals surface area contributed by atoms with Gasteiger partial charge in [0.25, 0.3) is 0 Å². The molecule has 0 bridgehead atoms. The molecule has 0 aliphatic rings. The van der Waals surface area contributed by atoms with Gasteiger partial charge in [-0.15, -0.1) is 0 Å². The van der Waals surface area contributed by atoms with Gasteiger partial charge in [0.15, 0.2) is 0 Å². The van der Waals surface area contributed by atoms with E-state index in [0.717, 1.165) is 16.6 Å². The fourth-order valence-corrected chi connectivity index (χ4v) is 1.93. The zero-order chi connectivity index (χ0) is 15.8. The number of rotatable bonds is 7. The second-order valence-electron chi connectivity index (χ2n) is 4.94. The van der Waals surface area contributed by atoms with E-state index in [0.29, 0.717) is 6.54 Å². The highest BCUT2D eigenvalue weighted by molar-refractivity contribution is 9.10. The molecule has 0 aromatic heterocycles. The van der Waals surface area contributed by atoms with Gasteiger partial charge in [0.1, 0.15) is 0 Å².